The number of pyridine rings is 1. The van der Waals surface area contributed by atoms with E-state index in [0.29, 0.717) is 19.0 Å². The molecule has 168 valence electrons. The number of carbonyl (C=O) groups is 1. The first-order valence-electron chi connectivity index (χ1n) is 10.9. The molecule has 0 radical (unpaired) electrons. The number of carbonyl (C=O) groups excluding carboxylic acids is 1. The zero-order chi connectivity index (χ0) is 23.2. The van der Waals surface area contributed by atoms with Gasteiger partial charge in [-0.1, -0.05) is 81.4 Å². The Morgan fingerprint density at radius 1 is 1.00 bits per heavy atom. The summed E-state index contributed by atoms with van der Waals surface area (Å²) in [5.74, 6) is 0.198. The topological polar surface area (TPSA) is 60.5 Å². The van der Waals surface area contributed by atoms with Crippen LogP contribution >= 0.6 is 0 Å². The van der Waals surface area contributed by atoms with Gasteiger partial charge in [-0.15, -0.1) is 0 Å². The molecular formula is C26H32N2O3Si. The van der Waals surface area contributed by atoms with E-state index in [-0.39, 0.29) is 16.6 Å². The number of rotatable bonds is 8. The third kappa shape index (κ3) is 4.76. The van der Waals surface area contributed by atoms with Crippen molar-refractivity contribution in [3.8, 4) is 5.75 Å². The number of amides is 1. The largest absolute Gasteiger partial charge is 0.491 e. The fraction of sp³-hybridized carbons (Fsp3) is 0.308. The maximum Gasteiger partial charge on any atom is 0.273 e. The minimum absolute atomic E-state index is 0.117. The predicted molar refractivity (Wildman–Crippen MR) is 131 cm³/mol. The lowest BCUT2D eigenvalue weighted by atomic mass is 10.2. The molecule has 3 rings (SSSR count). The Bertz CT molecular complexity index is 994. The molecule has 1 aromatic heterocycles. The second kappa shape index (κ2) is 10.1. The van der Waals surface area contributed by atoms with Crippen molar-refractivity contribution < 1.29 is 14.0 Å². The number of benzene rings is 2. The van der Waals surface area contributed by atoms with Crippen molar-refractivity contribution in [3.05, 3.63) is 84.2 Å². The fourth-order valence-corrected chi connectivity index (χ4v) is 8.61. The van der Waals surface area contributed by atoms with Gasteiger partial charge in [0.15, 0.2) is 11.4 Å². The summed E-state index contributed by atoms with van der Waals surface area (Å²) in [4.78, 5) is 16.5. The molecule has 0 atom stereocenters. The first-order valence-corrected chi connectivity index (χ1v) is 12.8. The standard InChI is InChI=1S/C26H32N2O3Si/c1-6-30-23-17-20(18-28-24(23)25(29)27-5)19-31-32(26(2,3)4,21-13-9-7-10-14-21)22-15-11-8-12-16-22/h7-18H,6,19H2,1-5H3,(H,27,29). The molecule has 0 aliphatic carbocycles. The van der Waals surface area contributed by atoms with Crippen molar-refractivity contribution in [2.75, 3.05) is 13.7 Å². The molecule has 5 nitrogen and oxygen atoms in total. The van der Waals surface area contributed by atoms with E-state index in [2.05, 4.69) is 79.6 Å². The summed E-state index contributed by atoms with van der Waals surface area (Å²) in [7, 11) is -1.08. The van der Waals surface area contributed by atoms with Gasteiger partial charge in [-0.2, -0.15) is 0 Å². The summed E-state index contributed by atoms with van der Waals surface area (Å²) in [6, 6.07) is 22.9. The van der Waals surface area contributed by atoms with E-state index in [4.69, 9.17) is 9.16 Å². The Morgan fingerprint density at radius 3 is 2.03 bits per heavy atom. The van der Waals surface area contributed by atoms with Gasteiger partial charge in [0.05, 0.1) is 13.2 Å². The minimum atomic E-state index is -2.66. The molecule has 0 aliphatic heterocycles. The molecule has 1 heterocycles. The van der Waals surface area contributed by atoms with Crippen LogP contribution < -0.4 is 20.4 Å². The molecule has 1 N–H and O–H groups in total. The van der Waals surface area contributed by atoms with Crippen LogP contribution in [-0.4, -0.2) is 32.9 Å². The zero-order valence-corrected chi connectivity index (χ0v) is 20.5. The van der Waals surface area contributed by atoms with Gasteiger partial charge in [-0.3, -0.25) is 4.79 Å². The van der Waals surface area contributed by atoms with Crippen LogP contribution in [0, 0.1) is 0 Å². The van der Waals surface area contributed by atoms with Gasteiger partial charge in [0.1, 0.15) is 0 Å². The van der Waals surface area contributed by atoms with Gasteiger partial charge >= 0.3 is 0 Å². The minimum Gasteiger partial charge on any atom is -0.491 e. The van der Waals surface area contributed by atoms with Gasteiger partial charge in [0.25, 0.3) is 14.2 Å². The average molecular weight is 449 g/mol. The van der Waals surface area contributed by atoms with Crippen molar-refractivity contribution >= 4 is 24.6 Å². The highest BCUT2D eigenvalue weighted by atomic mass is 28.4. The van der Waals surface area contributed by atoms with Gasteiger partial charge in [-0.05, 0) is 34.0 Å². The number of hydrogen-bond donors (Lipinski definition) is 1. The maximum absolute atomic E-state index is 12.2. The van der Waals surface area contributed by atoms with Gasteiger partial charge < -0.3 is 14.5 Å². The predicted octanol–water partition coefficient (Wildman–Crippen LogP) is 3.92. The molecule has 2 aromatic carbocycles. The van der Waals surface area contributed by atoms with Gasteiger partial charge in [0.2, 0.25) is 0 Å². The lowest BCUT2D eigenvalue weighted by Crippen LogP contribution is -2.66. The van der Waals surface area contributed by atoms with E-state index in [1.165, 1.54) is 10.4 Å². The highest BCUT2D eigenvalue weighted by molar-refractivity contribution is 6.99. The summed E-state index contributed by atoms with van der Waals surface area (Å²) >= 11 is 0. The average Bonchev–Trinajstić information content (AvgIpc) is 2.80. The molecule has 0 bridgehead atoms. The number of aromatic nitrogens is 1. The first kappa shape index (κ1) is 23.7. The van der Waals surface area contributed by atoms with Crippen LogP contribution in [-0.2, 0) is 11.0 Å². The van der Waals surface area contributed by atoms with E-state index in [9.17, 15) is 4.79 Å². The summed E-state index contributed by atoms with van der Waals surface area (Å²) < 4.78 is 12.7. The Kier molecular flexibility index (Phi) is 7.48. The highest BCUT2D eigenvalue weighted by Gasteiger charge is 2.50. The third-order valence-electron chi connectivity index (χ3n) is 5.52. The van der Waals surface area contributed by atoms with Crippen molar-refractivity contribution in [1.82, 2.24) is 10.3 Å². The zero-order valence-electron chi connectivity index (χ0n) is 19.5. The quantitative estimate of drug-likeness (QED) is 0.531. The normalized spacial score (nSPS) is 11.8. The van der Waals surface area contributed by atoms with E-state index in [1.807, 2.05) is 25.1 Å². The Balaban J connectivity index is 2.05. The molecule has 0 fully saturated rings. The van der Waals surface area contributed by atoms with Crippen molar-refractivity contribution in [1.29, 1.82) is 0 Å². The number of ether oxygens (including phenoxy) is 1. The molecule has 0 spiro atoms. The smallest absolute Gasteiger partial charge is 0.273 e. The SMILES string of the molecule is CCOc1cc(CO[Si](c2ccccc2)(c2ccccc2)C(C)(C)C)cnc1C(=O)NC. The van der Waals surface area contributed by atoms with Crippen LogP contribution in [0.1, 0.15) is 43.7 Å². The fourth-order valence-electron chi connectivity index (χ4n) is 4.07. The Labute approximate surface area is 191 Å². The van der Waals surface area contributed by atoms with Crippen molar-refractivity contribution in [3.63, 3.8) is 0 Å². The maximum atomic E-state index is 12.2. The Morgan fingerprint density at radius 2 is 1.56 bits per heavy atom. The molecular weight excluding hydrogens is 416 g/mol. The van der Waals surface area contributed by atoms with E-state index < -0.39 is 8.32 Å². The highest BCUT2D eigenvalue weighted by Crippen LogP contribution is 2.37. The van der Waals surface area contributed by atoms with Crippen LogP contribution in [0.3, 0.4) is 0 Å². The monoisotopic (exact) mass is 448 g/mol. The second-order valence-corrected chi connectivity index (χ2v) is 13.0. The third-order valence-corrected chi connectivity index (χ3v) is 10.5. The lowest BCUT2D eigenvalue weighted by molar-refractivity contribution is 0.0954. The molecule has 3 aromatic rings. The van der Waals surface area contributed by atoms with Crippen LogP contribution in [0.2, 0.25) is 5.04 Å². The summed E-state index contributed by atoms with van der Waals surface area (Å²) in [6.07, 6.45) is 1.70. The number of nitrogens with one attached hydrogen (secondary N) is 1. The van der Waals surface area contributed by atoms with Crippen molar-refractivity contribution in [2.24, 2.45) is 0 Å². The van der Waals surface area contributed by atoms with E-state index >= 15 is 0 Å². The van der Waals surface area contributed by atoms with Crippen LogP contribution in [0.25, 0.3) is 0 Å². The van der Waals surface area contributed by atoms with Crippen molar-refractivity contribution in [2.45, 2.75) is 39.3 Å². The Hall–Kier alpha value is -2.96. The summed E-state index contributed by atoms with van der Waals surface area (Å²) in [5.41, 5.74) is 1.15. The van der Waals surface area contributed by atoms with Crippen LogP contribution in [0.15, 0.2) is 72.9 Å². The summed E-state index contributed by atoms with van der Waals surface area (Å²) in [6.45, 7) is 9.45. The molecule has 32 heavy (non-hydrogen) atoms. The van der Waals surface area contributed by atoms with Gasteiger partial charge in [0, 0.05) is 13.2 Å². The number of hydrogen-bond acceptors (Lipinski definition) is 4. The van der Waals surface area contributed by atoms with Crippen LogP contribution in [0.5, 0.6) is 5.75 Å². The lowest BCUT2D eigenvalue weighted by Gasteiger charge is -2.43. The molecule has 0 unspecified atom stereocenters. The van der Waals surface area contributed by atoms with E-state index in [1.54, 1.807) is 13.2 Å². The number of nitrogens with zero attached hydrogens (tertiary/aromatic N) is 1. The van der Waals surface area contributed by atoms with E-state index in [0.717, 1.165) is 5.56 Å². The van der Waals surface area contributed by atoms with Gasteiger partial charge in [-0.25, -0.2) is 4.98 Å². The first-order chi connectivity index (χ1) is 15.3. The molecule has 0 saturated carbocycles. The molecule has 6 heteroatoms. The molecule has 1 amide bonds. The molecule has 0 saturated heterocycles. The van der Waals surface area contributed by atoms with Crippen LogP contribution in [0.4, 0.5) is 0 Å². The summed E-state index contributed by atoms with van der Waals surface area (Å²) in [5, 5.41) is 4.94. The second-order valence-electron chi connectivity index (χ2n) is 8.65. The molecule has 0 aliphatic rings.